The van der Waals surface area contributed by atoms with E-state index in [4.69, 9.17) is 0 Å². The van der Waals surface area contributed by atoms with Gasteiger partial charge in [-0.25, -0.2) is 18.1 Å². The van der Waals surface area contributed by atoms with E-state index in [-0.39, 0.29) is 5.03 Å². The lowest BCUT2D eigenvalue weighted by Crippen LogP contribution is -2.46. The van der Waals surface area contributed by atoms with Gasteiger partial charge in [-0.1, -0.05) is 6.92 Å². The first-order valence-electron chi connectivity index (χ1n) is 7.49. The number of hydrogen-bond acceptors (Lipinski definition) is 5. The molecular weight excluding hydrogens is 290 g/mol. The second kappa shape index (κ2) is 7.35. The Balaban J connectivity index is 1.90. The first-order chi connectivity index (χ1) is 10.0. The van der Waals surface area contributed by atoms with Crippen molar-refractivity contribution in [2.75, 3.05) is 39.3 Å². The van der Waals surface area contributed by atoms with Gasteiger partial charge in [0.25, 0.3) is 10.0 Å². The first-order valence-corrected chi connectivity index (χ1v) is 8.98. The molecule has 1 aromatic rings. The molecule has 0 aliphatic carbocycles. The third kappa shape index (κ3) is 4.50. The Morgan fingerprint density at radius 1 is 1.33 bits per heavy atom. The molecule has 8 heteroatoms. The third-order valence-electron chi connectivity index (χ3n) is 3.62. The minimum atomic E-state index is -3.51. The molecule has 0 spiro atoms. The summed E-state index contributed by atoms with van der Waals surface area (Å²) in [5.74, 6) is 0.735. The van der Waals surface area contributed by atoms with Gasteiger partial charge in [-0.15, -0.1) is 0 Å². The van der Waals surface area contributed by atoms with Crippen LogP contribution in [0.1, 0.15) is 19.2 Å². The van der Waals surface area contributed by atoms with Crippen LogP contribution in [0, 0.1) is 6.92 Å². The molecule has 2 heterocycles. The number of nitrogens with one attached hydrogen (secondary N) is 2. The molecule has 0 saturated carbocycles. The zero-order valence-electron chi connectivity index (χ0n) is 12.8. The maximum absolute atomic E-state index is 12.2. The van der Waals surface area contributed by atoms with Gasteiger partial charge in [0.05, 0.1) is 0 Å². The van der Waals surface area contributed by atoms with Crippen LogP contribution < -0.4 is 10.0 Å². The quantitative estimate of drug-likeness (QED) is 0.727. The van der Waals surface area contributed by atoms with Crippen molar-refractivity contribution in [3.05, 3.63) is 12.0 Å². The second-order valence-electron chi connectivity index (χ2n) is 5.31. The van der Waals surface area contributed by atoms with Crippen molar-refractivity contribution in [2.45, 2.75) is 31.8 Å². The van der Waals surface area contributed by atoms with Crippen molar-refractivity contribution in [1.82, 2.24) is 24.5 Å². The highest BCUT2D eigenvalue weighted by Crippen LogP contribution is 2.09. The van der Waals surface area contributed by atoms with E-state index in [2.05, 4.69) is 26.8 Å². The number of piperazine rings is 1. The Morgan fingerprint density at radius 3 is 2.71 bits per heavy atom. The highest BCUT2D eigenvalue weighted by Gasteiger charge is 2.19. The minimum absolute atomic E-state index is 0.119. The lowest BCUT2D eigenvalue weighted by atomic mass is 10.3. The van der Waals surface area contributed by atoms with Crippen LogP contribution in [0.2, 0.25) is 0 Å². The summed E-state index contributed by atoms with van der Waals surface area (Å²) in [4.78, 5) is 6.41. The van der Waals surface area contributed by atoms with E-state index in [0.717, 1.165) is 51.5 Å². The van der Waals surface area contributed by atoms with Gasteiger partial charge in [0.2, 0.25) is 0 Å². The molecule has 2 rings (SSSR count). The number of hydrogen-bond donors (Lipinski definition) is 2. The Bertz CT molecular complexity index is 549. The molecule has 1 aliphatic heterocycles. The molecule has 2 N–H and O–H groups in total. The van der Waals surface area contributed by atoms with Gasteiger partial charge < -0.3 is 9.88 Å². The molecule has 1 aliphatic rings. The molecular formula is C13H25N5O2S. The van der Waals surface area contributed by atoms with Crippen LogP contribution in [-0.2, 0) is 16.6 Å². The predicted octanol–water partition coefficient (Wildman–Crippen LogP) is -0.215. The lowest BCUT2D eigenvalue weighted by molar-refractivity contribution is 0.245. The average molecular weight is 315 g/mol. The highest BCUT2D eigenvalue weighted by atomic mass is 32.2. The fourth-order valence-corrected chi connectivity index (χ4v) is 3.45. The minimum Gasteiger partial charge on any atom is -0.334 e. The summed E-state index contributed by atoms with van der Waals surface area (Å²) in [5, 5.41) is 3.39. The lowest BCUT2D eigenvalue weighted by Gasteiger charge is -2.26. The summed E-state index contributed by atoms with van der Waals surface area (Å²) < 4.78 is 29.0. The molecule has 0 aromatic carbocycles. The van der Waals surface area contributed by atoms with Gasteiger partial charge >= 0.3 is 0 Å². The summed E-state index contributed by atoms with van der Waals surface area (Å²) in [6.07, 6.45) is 2.57. The van der Waals surface area contributed by atoms with Gasteiger partial charge in [-0.2, -0.15) is 0 Å². The number of imidazole rings is 1. The average Bonchev–Trinajstić information content (AvgIpc) is 2.83. The summed E-state index contributed by atoms with van der Waals surface area (Å²) in [6.45, 7) is 9.68. The smallest absolute Gasteiger partial charge is 0.259 e. The van der Waals surface area contributed by atoms with Gasteiger partial charge in [0.1, 0.15) is 5.82 Å². The van der Waals surface area contributed by atoms with E-state index in [9.17, 15) is 8.42 Å². The first kappa shape index (κ1) is 16.4. The predicted molar refractivity (Wildman–Crippen MR) is 81.8 cm³/mol. The van der Waals surface area contributed by atoms with Crippen LogP contribution >= 0.6 is 0 Å². The molecule has 0 radical (unpaired) electrons. The van der Waals surface area contributed by atoms with Crippen LogP contribution in [0.3, 0.4) is 0 Å². The van der Waals surface area contributed by atoms with E-state index in [1.165, 1.54) is 0 Å². The van der Waals surface area contributed by atoms with Crippen LogP contribution in [-0.4, -0.2) is 62.1 Å². The van der Waals surface area contributed by atoms with Crippen molar-refractivity contribution in [2.24, 2.45) is 0 Å². The summed E-state index contributed by atoms with van der Waals surface area (Å²) in [6, 6.07) is 0. The fourth-order valence-electron chi connectivity index (χ4n) is 2.42. The van der Waals surface area contributed by atoms with E-state index >= 15 is 0 Å². The van der Waals surface area contributed by atoms with E-state index < -0.39 is 10.0 Å². The molecule has 0 unspecified atom stereocenters. The van der Waals surface area contributed by atoms with Crippen LogP contribution in [0.15, 0.2) is 11.2 Å². The van der Waals surface area contributed by atoms with Crippen LogP contribution in [0.25, 0.3) is 0 Å². The standard InChI is InChI=1S/C13H25N5O2S/c1-3-7-18-11-13(16-12(18)2)21(19,20)15-6-10-17-8-4-14-5-9-17/h11,14-15H,3-10H2,1-2H3. The Hall–Kier alpha value is -0.960. The Labute approximate surface area is 126 Å². The largest absolute Gasteiger partial charge is 0.334 e. The van der Waals surface area contributed by atoms with Gasteiger partial charge in [0, 0.05) is 52.0 Å². The molecule has 1 aromatic heterocycles. The van der Waals surface area contributed by atoms with E-state index in [1.54, 1.807) is 6.20 Å². The summed E-state index contributed by atoms with van der Waals surface area (Å²) in [5.41, 5.74) is 0. The van der Waals surface area contributed by atoms with E-state index in [0.29, 0.717) is 6.54 Å². The van der Waals surface area contributed by atoms with Gasteiger partial charge in [-0.3, -0.25) is 4.90 Å². The SMILES string of the molecule is CCCn1cc(S(=O)(=O)NCCN2CCNCC2)nc1C. The van der Waals surface area contributed by atoms with Gasteiger partial charge in [0.15, 0.2) is 5.03 Å². The van der Waals surface area contributed by atoms with Crippen LogP contribution in [0.4, 0.5) is 0 Å². The van der Waals surface area contributed by atoms with Crippen molar-refractivity contribution >= 4 is 10.0 Å². The molecule has 1 fully saturated rings. The zero-order chi connectivity index (χ0) is 15.3. The topological polar surface area (TPSA) is 79.3 Å². The maximum Gasteiger partial charge on any atom is 0.259 e. The third-order valence-corrected chi connectivity index (χ3v) is 4.96. The summed E-state index contributed by atoms with van der Waals surface area (Å²) >= 11 is 0. The number of aromatic nitrogens is 2. The number of nitrogens with zero attached hydrogens (tertiary/aromatic N) is 3. The van der Waals surface area contributed by atoms with Crippen molar-refractivity contribution in [1.29, 1.82) is 0 Å². The Morgan fingerprint density at radius 2 is 2.05 bits per heavy atom. The number of sulfonamides is 1. The molecule has 1 saturated heterocycles. The second-order valence-corrected chi connectivity index (χ2v) is 7.02. The monoisotopic (exact) mass is 315 g/mol. The molecule has 0 amide bonds. The molecule has 21 heavy (non-hydrogen) atoms. The Kier molecular flexibility index (Phi) is 5.74. The molecule has 120 valence electrons. The number of aryl methyl sites for hydroxylation is 2. The van der Waals surface area contributed by atoms with E-state index in [1.807, 2.05) is 11.5 Å². The zero-order valence-corrected chi connectivity index (χ0v) is 13.6. The number of rotatable bonds is 7. The normalized spacial score (nSPS) is 17.2. The van der Waals surface area contributed by atoms with Crippen molar-refractivity contribution in [3.63, 3.8) is 0 Å². The molecule has 0 bridgehead atoms. The molecule has 0 atom stereocenters. The van der Waals surface area contributed by atoms with Crippen LogP contribution in [0.5, 0.6) is 0 Å². The van der Waals surface area contributed by atoms with Crippen molar-refractivity contribution in [3.8, 4) is 0 Å². The van der Waals surface area contributed by atoms with Gasteiger partial charge in [-0.05, 0) is 13.3 Å². The maximum atomic E-state index is 12.2. The summed E-state index contributed by atoms with van der Waals surface area (Å²) in [7, 11) is -3.51. The molecule has 7 nitrogen and oxygen atoms in total. The fraction of sp³-hybridized carbons (Fsp3) is 0.769. The van der Waals surface area contributed by atoms with Crippen molar-refractivity contribution < 1.29 is 8.42 Å². The highest BCUT2D eigenvalue weighted by molar-refractivity contribution is 7.89.